The quantitative estimate of drug-likeness (QED) is 0.457. The van der Waals surface area contributed by atoms with E-state index in [9.17, 15) is 14.9 Å². The summed E-state index contributed by atoms with van der Waals surface area (Å²) in [6.45, 7) is 2.68. The number of anilines is 2. The van der Waals surface area contributed by atoms with Gasteiger partial charge >= 0.3 is 0 Å². The van der Waals surface area contributed by atoms with Crippen molar-refractivity contribution in [1.82, 2.24) is 5.32 Å². The largest absolute Gasteiger partial charge is 0.393 e. The van der Waals surface area contributed by atoms with E-state index in [1.807, 2.05) is 6.92 Å². The van der Waals surface area contributed by atoms with Crippen molar-refractivity contribution in [2.75, 3.05) is 30.8 Å². The highest BCUT2D eigenvalue weighted by Gasteiger charge is 2.14. The summed E-state index contributed by atoms with van der Waals surface area (Å²) < 4.78 is 0. The van der Waals surface area contributed by atoms with E-state index in [2.05, 4.69) is 5.32 Å². The van der Waals surface area contributed by atoms with E-state index in [0.717, 1.165) is 0 Å². The molecule has 0 aliphatic carbocycles. The number of nitrogens with one attached hydrogen (secondary N) is 1. The first-order valence-corrected chi connectivity index (χ1v) is 5.49. The van der Waals surface area contributed by atoms with E-state index >= 15 is 0 Å². The fourth-order valence-electron chi connectivity index (χ4n) is 1.54. The fraction of sp³-hybridized carbons (Fsp3) is 0.364. The number of hydrogen-bond donors (Lipinski definition) is 2. The van der Waals surface area contributed by atoms with E-state index in [-0.39, 0.29) is 23.8 Å². The number of carbonyl (C=O) groups is 1. The number of nitrogens with two attached hydrogens (primary N) is 1. The van der Waals surface area contributed by atoms with Crippen LogP contribution in [0.15, 0.2) is 18.2 Å². The first kappa shape index (κ1) is 13.8. The summed E-state index contributed by atoms with van der Waals surface area (Å²) in [5.74, 6) is -0.131. The van der Waals surface area contributed by atoms with Gasteiger partial charge in [0.15, 0.2) is 0 Å². The number of nitro benzene ring substituents is 1. The molecular formula is C11H16N4O3. The van der Waals surface area contributed by atoms with Gasteiger partial charge in [-0.1, -0.05) is 0 Å². The van der Waals surface area contributed by atoms with E-state index in [0.29, 0.717) is 12.2 Å². The Kier molecular flexibility index (Phi) is 4.47. The van der Waals surface area contributed by atoms with Crippen LogP contribution < -0.4 is 16.0 Å². The lowest BCUT2D eigenvalue weighted by atomic mass is 10.2. The molecule has 7 nitrogen and oxygen atoms in total. The van der Waals surface area contributed by atoms with Crippen molar-refractivity contribution in [2.45, 2.75) is 6.92 Å². The minimum Gasteiger partial charge on any atom is -0.393 e. The number of nitrogen functional groups attached to an aromatic ring is 1. The number of rotatable bonds is 5. The van der Waals surface area contributed by atoms with Crippen LogP contribution in [0, 0.1) is 10.1 Å². The van der Waals surface area contributed by atoms with Crippen LogP contribution in [0.2, 0.25) is 0 Å². The Hall–Kier alpha value is -2.31. The van der Waals surface area contributed by atoms with E-state index < -0.39 is 4.92 Å². The number of carbonyl (C=O) groups excluding carboxylic acids is 1. The van der Waals surface area contributed by atoms with Crippen molar-refractivity contribution in [3.8, 4) is 0 Å². The van der Waals surface area contributed by atoms with Crippen LogP contribution >= 0.6 is 0 Å². The van der Waals surface area contributed by atoms with Gasteiger partial charge in [0.1, 0.15) is 5.69 Å². The molecule has 0 bridgehead atoms. The zero-order valence-corrected chi connectivity index (χ0v) is 10.3. The highest BCUT2D eigenvalue weighted by atomic mass is 16.6. The predicted octanol–water partition coefficient (Wildman–Crippen LogP) is 0.749. The van der Waals surface area contributed by atoms with Gasteiger partial charge in [-0.15, -0.1) is 0 Å². The lowest BCUT2D eigenvalue weighted by molar-refractivity contribution is -0.383. The standard InChI is InChI=1S/C11H16N4O3/c1-3-14(7-11(16)13-2)8-4-5-10(15(17)18)9(12)6-8/h4-6H,3,7,12H2,1-2H3,(H,13,16). The van der Waals surface area contributed by atoms with Gasteiger partial charge in [0.05, 0.1) is 11.5 Å². The Morgan fingerprint density at radius 2 is 2.22 bits per heavy atom. The van der Waals surface area contributed by atoms with Gasteiger partial charge in [0.25, 0.3) is 5.69 Å². The molecular weight excluding hydrogens is 236 g/mol. The van der Waals surface area contributed by atoms with E-state index in [1.54, 1.807) is 18.0 Å². The third-order valence-electron chi connectivity index (χ3n) is 2.57. The molecule has 7 heteroatoms. The third-order valence-corrected chi connectivity index (χ3v) is 2.57. The second-order valence-electron chi connectivity index (χ2n) is 3.69. The first-order chi connectivity index (χ1) is 8.49. The van der Waals surface area contributed by atoms with Gasteiger partial charge in [-0.25, -0.2) is 0 Å². The molecule has 3 N–H and O–H groups in total. The van der Waals surface area contributed by atoms with E-state index in [1.165, 1.54) is 12.1 Å². The summed E-state index contributed by atoms with van der Waals surface area (Å²) in [5.41, 5.74) is 6.25. The Morgan fingerprint density at radius 1 is 1.56 bits per heavy atom. The molecule has 0 radical (unpaired) electrons. The van der Waals surface area contributed by atoms with Crippen molar-refractivity contribution in [1.29, 1.82) is 0 Å². The van der Waals surface area contributed by atoms with Gasteiger partial charge < -0.3 is 16.0 Å². The molecule has 0 spiro atoms. The molecule has 0 saturated heterocycles. The van der Waals surface area contributed by atoms with Crippen molar-refractivity contribution in [2.24, 2.45) is 0 Å². The Bertz CT molecular complexity index is 462. The van der Waals surface area contributed by atoms with Crippen LogP contribution in [-0.4, -0.2) is 31.0 Å². The monoisotopic (exact) mass is 252 g/mol. The molecule has 0 aliphatic rings. The van der Waals surface area contributed by atoms with Crippen LogP contribution in [-0.2, 0) is 4.79 Å². The lowest BCUT2D eigenvalue weighted by Crippen LogP contribution is -2.35. The molecule has 1 aromatic rings. The second kappa shape index (κ2) is 5.85. The van der Waals surface area contributed by atoms with Crippen molar-refractivity contribution >= 4 is 23.0 Å². The first-order valence-electron chi connectivity index (χ1n) is 5.49. The van der Waals surface area contributed by atoms with Gasteiger partial charge in [0.2, 0.25) is 5.91 Å². The van der Waals surface area contributed by atoms with Crippen LogP contribution in [0.1, 0.15) is 6.92 Å². The summed E-state index contributed by atoms with van der Waals surface area (Å²) in [7, 11) is 1.56. The summed E-state index contributed by atoms with van der Waals surface area (Å²) >= 11 is 0. The molecule has 0 unspecified atom stereocenters. The SMILES string of the molecule is CCN(CC(=O)NC)c1ccc([N+](=O)[O-])c(N)c1. The smallest absolute Gasteiger partial charge is 0.292 e. The Labute approximate surface area is 105 Å². The van der Waals surface area contributed by atoms with Crippen molar-refractivity contribution < 1.29 is 9.72 Å². The molecule has 0 saturated carbocycles. The van der Waals surface area contributed by atoms with Crippen molar-refractivity contribution in [3.05, 3.63) is 28.3 Å². The summed E-state index contributed by atoms with van der Waals surface area (Å²) in [6, 6.07) is 4.43. The third kappa shape index (κ3) is 3.09. The molecule has 1 amide bonds. The number of benzene rings is 1. The number of likely N-dealkylation sites (N-methyl/N-ethyl adjacent to an activating group) is 2. The van der Waals surface area contributed by atoms with E-state index in [4.69, 9.17) is 5.73 Å². The summed E-state index contributed by atoms with van der Waals surface area (Å²) in [6.07, 6.45) is 0. The minimum absolute atomic E-state index is 0.0906. The zero-order chi connectivity index (χ0) is 13.7. The molecule has 98 valence electrons. The van der Waals surface area contributed by atoms with Gasteiger partial charge in [-0.3, -0.25) is 14.9 Å². The molecule has 0 heterocycles. The molecule has 0 aromatic heterocycles. The lowest BCUT2D eigenvalue weighted by Gasteiger charge is -2.22. The average molecular weight is 252 g/mol. The maximum atomic E-state index is 11.3. The topological polar surface area (TPSA) is 102 Å². The molecule has 1 aromatic carbocycles. The van der Waals surface area contributed by atoms with Gasteiger partial charge in [0, 0.05) is 25.3 Å². The number of hydrogen-bond acceptors (Lipinski definition) is 5. The summed E-state index contributed by atoms with van der Waals surface area (Å²) in [4.78, 5) is 23.2. The molecule has 0 aliphatic heterocycles. The van der Waals surface area contributed by atoms with Crippen LogP contribution in [0.25, 0.3) is 0 Å². The van der Waals surface area contributed by atoms with Gasteiger partial charge in [-0.05, 0) is 19.1 Å². The summed E-state index contributed by atoms with van der Waals surface area (Å²) in [5, 5.41) is 13.2. The Balaban J connectivity index is 2.97. The second-order valence-corrected chi connectivity index (χ2v) is 3.69. The van der Waals surface area contributed by atoms with Gasteiger partial charge in [-0.2, -0.15) is 0 Å². The maximum Gasteiger partial charge on any atom is 0.292 e. The molecule has 0 atom stereocenters. The minimum atomic E-state index is -0.534. The maximum absolute atomic E-state index is 11.3. The Morgan fingerprint density at radius 3 is 2.67 bits per heavy atom. The normalized spacial score (nSPS) is 9.89. The fourth-order valence-corrected chi connectivity index (χ4v) is 1.54. The number of amides is 1. The zero-order valence-electron chi connectivity index (χ0n) is 10.3. The average Bonchev–Trinajstić information content (AvgIpc) is 2.34. The predicted molar refractivity (Wildman–Crippen MR) is 69.5 cm³/mol. The molecule has 1 rings (SSSR count). The molecule has 18 heavy (non-hydrogen) atoms. The van der Waals surface area contributed by atoms with Crippen molar-refractivity contribution in [3.63, 3.8) is 0 Å². The van der Waals surface area contributed by atoms with Crippen LogP contribution in [0.3, 0.4) is 0 Å². The molecule has 0 fully saturated rings. The van der Waals surface area contributed by atoms with Crippen LogP contribution in [0.4, 0.5) is 17.1 Å². The highest BCUT2D eigenvalue weighted by molar-refractivity contribution is 5.81. The number of nitrogens with zero attached hydrogens (tertiary/aromatic N) is 2. The van der Waals surface area contributed by atoms with Crippen LogP contribution in [0.5, 0.6) is 0 Å². The number of nitro groups is 1. The highest BCUT2D eigenvalue weighted by Crippen LogP contribution is 2.26.